The van der Waals surface area contributed by atoms with Crippen LogP contribution in [0.3, 0.4) is 0 Å². The molecule has 2 aromatic carbocycles. The molecule has 0 radical (unpaired) electrons. The molecule has 0 atom stereocenters. The first kappa shape index (κ1) is 14.3. The maximum atomic E-state index is 13.7. The topological polar surface area (TPSA) is 52.3 Å². The summed E-state index contributed by atoms with van der Waals surface area (Å²) < 4.78 is 31.2. The van der Waals surface area contributed by atoms with E-state index in [-0.39, 0.29) is 10.5 Å². The molecule has 104 valence electrons. The van der Waals surface area contributed by atoms with Crippen molar-refractivity contribution in [3.05, 3.63) is 53.6 Å². The highest BCUT2D eigenvalue weighted by molar-refractivity contribution is 7.99. The van der Waals surface area contributed by atoms with Crippen LogP contribution in [-0.4, -0.2) is 13.1 Å². The average molecular weight is 295 g/mol. The van der Waals surface area contributed by atoms with Gasteiger partial charge >= 0.3 is 5.97 Å². The summed E-state index contributed by atoms with van der Waals surface area (Å²) in [6.45, 7) is 0. The molecule has 0 amide bonds. The predicted octanol–water partition coefficient (Wildman–Crippen LogP) is 3.48. The number of nitrogen functional groups attached to an aromatic ring is 1. The molecule has 0 bridgehead atoms. The predicted molar refractivity (Wildman–Crippen MR) is 72.7 cm³/mol. The molecule has 0 saturated heterocycles. The third kappa shape index (κ3) is 2.91. The van der Waals surface area contributed by atoms with E-state index in [9.17, 15) is 13.6 Å². The molecule has 0 aliphatic carbocycles. The maximum Gasteiger partial charge on any atom is 0.339 e. The van der Waals surface area contributed by atoms with Gasteiger partial charge in [0.2, 0.25) is 0 Å². The molecule has 2 aromatic rings. The third-order valence-corrected chi connectivity index (χ3v) is 3.77. The van der Waals surface area contributed by atoms with E-state index in [2.05, 4.69) is 4.74 Å². The van der Waals surface area contributed by atoms with Gasteiger partial charge < -0.3 is 10.5 Å². The van der Waals surface area contributed by atoms with Crippen LogP contribution >= 0.6 is 11.8 Å². The number of ether oxygens (including phenoxy) is 1. The molecule has 2 N–H and O–H groups in total. The number of nitrogens with two attached hydrogens (primary N) is 1. The Hall–Kier alpha value is -2.08. The van der Waals surface area contributed by atoms with Crippen LogP contribution in [0.25, 0.3) is 0 Å². The number of rotatable bonds is 3. The minimum absolute atomic E-state index is 0.175. The van der Waals surface area contributed by atoms with Crippen molar-refractivity contribution in [2.24, 2.45) is 0 Å². The van der Waals surface area contributed by atoms with E-state index in [1.54, 1.807) is 12.1 Å². The normalized spacial score (nSPS) is 10.3. The Bertz CT molecular complexity index is 662. The summed E-state index contributed by atoms with van der Waals surface area (Å²) >= 11 is 0.952. The molecular weight excluding hydrogens is 284 g/mol. The molecule has 0 saturated carbocycles. The Morgan fingerprint density at radius 1 is 1.25 bits per heavy atom. The molecule has 0 fully saturated rings. The lowest BCUT2D eigenvalue weighted by Crippen LogP contribution is -2.05. The van der Waals surface area contributed by atoms with E-state index < -0.39 is 17.6 Å². The van der Waals surface area contributed by atoms with Crippen molar-refractivity contribution in [3.8, 4) is 0 Å². The number of carbonyl (C=O) groups is 1. The second-order valence-electron chi connectivity index (χ2n) is 3.89. The van der Waals surface area contributed by atoms with Gasteiger partial charge in [-0.3, -0.25) is 0 Å². The molecule has 3 nitrogen and oxygen atoms in total. The van der Waals surface area contributed by atoms with Gasteiger partial charge in [0.05, 0.1) is 12.7 Å². The lowest BCUT2D eigenvalue weighted by molar-refractivity contribution is 0.0597. The quantitative estimate of drug-likeness (QED) is 0.695. The molecular formula is C14H11F2NO2S. The van der Waals surface area contributed by atoms with Crippen molar-refractivity contribution in [2.45, 2.75) is 9.79 Å². The molecule has 0 aliphatic rings. The smallest absolute Gasteiger partial charge is 0.339 e. The molecule has 2 rings (SSSR count). The molecule has 20 heavy (non-hydrogen) atoms. The Morgan fingerprint density at radius 2 is 2.00 bits per heavy atom. The fourth-order valence-corrected chi connectivity index (χ4v) is 2.57. The third-order valence-electron chi connectivity index (χ3n) is 2.56. The van der Waals surface area contributed by atoms with Gasteiger partial charge in [-0.1, -0.05) is 17.8 Å². The highest BCUT2D eigenvalue weighted by Gasteiger charge is 2.17. The van der Waals surface area contributed by atoms with E-state index in [1.807, 2.05) is 0 Å². The van der Waals surface area contributed by atoms with Gasteiger partial charge in [-0.25, -0.2) is 13.6 Å². The van der Waals surface area contributed by atoms with Crippen molar-refractivity contribution < 1.29 is 18.3 Å². The number of anilines is 1. The summed E-state index contributed by atoms with van der Waals surface area (Å²) in [5, 5.41) is 0. The van der Waals surface area contributed by atoms with Gasteiger partial charge in [0.25, 0.3) is 0 Å². The van der Waals surface area contributed by atoms with Crippen LogP contribution in [0.15, 0.2) is 46.2 Å². The molecule has 0 spiro atoms. The first-order valence-electron chi connectivity index (χ1n) is 5.62. The van der Waals surface area contributed by atoms with Gasteiger partial charge in [0.1, 0.15) is 11.6 Å². The van der Waals surface area contributed by atoms with Crippen LogP contribution in [0.4, 0.5) is 14.5 Å². The zero-order valence-corrected chi connectivity index (χ0v) is 11.3. The lowest BCUT2D eigenvalue weighted by Gasteiger charge is -2.10. The van der Waals surface area contributed by atoms with Gasteiger partial charge in [-0.15, -0.1) is 0 Å². The first-order chi connectivity index (χ1) is 9.52. The monoisotopic (exact) mass is 295 g/mol. The fourth-order valence-electron chi connectivity index (χ4n) is 1.61. The molecule has 0 unspecified atom stereocenters. The zero-order chi connectivity index (χ0) is 14.7. The highest BCUT2D eigenvalue weighted by Crippen LogP contribution is 2.36. The first-order valence-corrected chi connectivity index (χ1v) is 6.44. The summed E-state index contributed by atoms with van der Waals surface area (Å²) in [5.74, 6) is -1.95. The molecule has 0 heterocycles. The molecule has 0 aliphatic heterocycles. The highest BCUT2D eigenvalue weighted by atomic mass is 32.2. The van der Waals surface area contributed by atoms with E-state index >= 15 is 0 Å². The van der Waals surface area contributed by atoms with Crippen LogP contribution in [0.2, 0.25) is 0 Å². The summed E-state index contributed by atoms with van der Waals surface area (Å²) in [6.07, 6.45) is 0. The van der Waals surface area contributed by atoms with Crippen LogP contribution in [0.1, 0.15) is 10.4 Å². The fraction of sp³-hybridized carbons (Fsp3) is 0.0714. The Balaban J connectivity index is 2.45. The largest absolute Gasteiger partial charge is 0.465 e. The number of carbonyl (C=O) groups excluding carboxylic acids is 1. The number of halogens is 2. The van der Waals surface area contributed by atoms with Crippen LogP contribution < -0.4 is 5.73 Å². The van der Waals surface area contributed by atoms with Crippen molar-refractivity contribution in [1.82, 2.24) is 0 Å². The number of hydrogen-bond donors (Lipinski definition) is 1. The minimum atomic E-state index is -0.714. The van der Waals surface area contributed by atoms with Gasteiger partial charge in [0, 0.05) is 21.5 Å². The Labute approximate surface area is 118 Å². The summed E-state index contributed by atoms with van der Waals surface area (Å²) in [7, 11) is 1.25. The van der Waals surface area contributed by atoms with Crippen LogP contribution in [0.5, 0.6) is 0 Å². The van der Waals surface area contributed by atoms with E-state index in [1.165, 1.54) is 19.2 Å². The number of benzene rings is 2. The maximum absolute atomic E-state index is 13.7. The van der Waals surface area contributed by atoms with Gasteiger partial charge in [-0.2, -0.15) is 0 Å². The van der Waals surface area contributed by atoms with Crippen molar-refractivity contribution >= 4 is 23.4 Å². The average Bonchev–Trinajstić information content (AvgIpc) is 2.42. The SMILES string of the molecule is COC(=O)c1cccc(N)c1Sc1ccc(F)cc1F. The number of hydrogen-bond acceptors (Lipinski definition) is 4. The van der Waals surface area contributed by atoms with Crippen LogP contribution in [-0.2, 0) is 4.74 Å². The summed E-state index contributed by atoms with van der Waals surface area (Å²) in [5.41, 5.74) is 6.37. The zero-order valence-electron chi connectivity index (χ0n) is 10.5. The minimum Gasteiger partial charge on any atom is -0.465 e. The van der Waals surface area contributed by atoms with Crippen LogP contribution in [0, 0.1) is 11.6 Å². The standard InChI is InChI=1S/C14H11F2NO2S/c1-19-14(18)9-3-2-4-11(17)13(9)20-12-6-5-8(15)7-10(12)16/h2-7H,17H2,1H3. The number of methoxy groups -OCH3 is 1. The lowest BCUT2D eigenvalue weighted by atomic mass is 10.2. The second-order valence-corrected chi connectivity index (χ2v) is 4.94. The Kier molecular flexibility index (Phi) is 4.24. The van der Waals surface area contributed by atoms with E-state index in [0.29, 0.717) is 10.6 Å². The number of esters is 1. The van der Waals surface area contributed by atoms with Crippen molar-refractivity contribution in [1.29, 1.82) is 0 Å². The molecule has 6 heteroatoms. The Morgan fingerprint density at radius 3 is 2.65 bits per heavy atom. The summed E-state index contributed by atoms with van der Waals surface area (Å²) in [4.78, 5) is 12.2. The van der Waals surface area contributed by atoms with Crippen molar-refractivity contribution in [2.75, 3.05) is 12.8 Å². The second kappa shape index (κ2) is 5.92. The molecule has 0 aromatic heterocycles. The van der Waals surface area contributed by atoms with Crippen molar-refractivity contribution in [3.63, 3.8) is 0 Å². The van der Waals surface area contributed by atoms with Gasteiger partial charge in [0.15, 0.2) is 0 Å². The van der Waals surface area contributed by atoms with E-state index in [4.69, 9.17) is 5.73 Å². The summed E-state index contributed by atoms with van der Waals surface area (Å²) in [6, 6.07) is 7.94. The van der Waals surface area contributed by atoms with Gasteiger partial charge in [-0.05, 0) is 24.3 Å². The van der Waals surface area contributed by atoms with E-state index in [0.717, 1.165) is 23.9 Å².